The van der Waals surface area contributed by atoms with Crippen LogP contribution in [0.4, 0.5) is 10.1 Å². The van der Waals surface area contributed by atoms with Gasteiger partial charge in [0.05, 0.1) is 12.3 Å². The Kier molecular flexibility index (Phi) is 1.52. The summed E-state index contributed by atoms with van der Waals surface area (Å²) in [4.78, 5) is 0. The predicted octanol–water partition coefficient (Wildman–Crippen LogP) is 2.41. The Hall–Kier alpha value is -1.25. The molecule has 2 aliphatic rings. The van der Waals surface area contributed by atoms with Crippen LogP contribution < -0.4 is 10.1 Å². The van der Waals surface area contributed by atoms with E-state index in [9.17, 15) is 4.39 Å². The molecule has 14 heavy (non-hydrogen) atoms. The summed E-state index contributed by atoms with van der Waals surface area (Å²) < 4.78 is 18.5. The molecule has 0 unspecified atom stereocenters. The zero-order chi connectivity index (χ0) is 9.60. The van der Waals surface area contributed by atoms with Gasteiger partial charge < -0.3 is 10.1 Å². The second-order valence-corrected chi connectivity index (χ2v) is 4.28. The minimum absolute atomic E-state index is 0.239. The molecule has 1 N–H and O–H groups in total. The van der Waals surface area contributed by atoms with Crippen molar-refractivity contribution in [2.24, 2.45) is 5.41 Å². The van der Waals surface area contributed by atoms with Crippen molar-refractivity contribution in [3.05, 3.63) is 24.0 Å². The monoisotopic (exact) mass is 193 g/mol. The molecule has 0 atom stereocenters. The van der Waals surface area contributed by atoms with E-state index < -0.39 is 0 Å². The lowest BCUT2D eigenvalue weighted by Gasteiger charge is -2.09. The highest BCUT2D eigenvalue weighted by Gasteiger charge is 2.44. The fraction of sp³-hybridized carbons (Fsp3) is 0.455. The number of fused-ring (bicyclic) bond motifs is 1. The summed E-state index contributed by atoms with van der Waals surface area (Å²) in [6.07, 6.45) is 2.44. The highest BCUT2D eigenvalue weighted by atomic mass is 19.1. The molecule has 0 saturated heterocycles. The number of rotatable bonds is 0. The zero-order valence-electron chi connectivity index (χ0n) is 7.85. The van der Waals surface area contributed by atoms with Crippen LogP contribution in [-0.4, -0.2) is 13.2 Å². The van der Waals surface area contributed by atoms with E-state index in [-0.39, 0.29) is 5.82 Å². The van der Waals surface area contributed by atoms with Crippen molar-refractivity contribution in [3.63, 3.8) is 0 Å². The van der Waals surface area contributed by atoms with Gasteiger partial charge in [0, 0.05) is 18.0 Å². The van der Waals surface area contributed by atoms with Gasteiger partial charge >= 0.3 is 0 Å². The predicted molar refractivity (Wildman–Crippen MR) is 52.1 cm³/mol. The van der Waals surface area contributed by atoms with Crippen molar-refractivity contribution in [3.8, 4) is 5.75 Å². The van der Waals surface area contributed by atoms with Crippen LogP contribution in [0.5, 0.6) is 5.75 Å². The van der Waals surface area contributed by atoms with Crippen molar-refractivity contribution in [1.29, 1.82) is 0 Å². The lowest BCUT2D eigenvalue weighted by molar-refractivity contribution is 0.250. The summed E-state index contributed by atoms with van der Waals surface area (Å²) in [5.74, 6) is 0.408. The minimum atomic E-state index is -0.239. The van der Waals surface area contributed by atoms with Crippen molar-refractivity contribution in [1.82, 2.24) is 0 Å². The van der Waals surface area contributed by atoms with Crippen LogP contribution >= 0.6 is 0 Å². The second-order valence-electron chi connectivity index (χ2n) is 4.28. The standard InChI is InChI=1S/C11H12FNO/c12-8-1-2-9-10(5-8)14-7-11(3-4-11)6-13-9/h1-2,5,13H,3-4,6-7H2. The van der Waals surface area contributed by atoms with Crippen molar-refractivity contribution in [2.45, 2.75) is 12.8 Å². The quantitative estimate of drug-likeness (QED) is 0.683. The normalized spacial score (nSPS) is 21.8. The Labute approximate surface area is 82.1 Å². The molecule has 2 nitrogen and oxygen atoms in total. The highest BCUT2D eigenvalue weighted by Crippen LogP contribution is 2.48. The Morgan fingerprint density at radius 3 is 3.00 bits per heavy atom. The molecule has 1 saturated carbocycles. The molecule has 0 radical (unpaired) electrons. The first-order chi connectivity index (χ1) is 6.77. The highest BCUT2D eigenvalue weighted by molar-refractivity contribution is 5.57. The first kappa shape index (κ1) is 8.09. The molecule has 3 heteroatoms. The lowest BCUT2D eigenvalue weighted by atomic mass is 10.1. The molecule has 0 bridgehead atoms. The zero-order valence-corrected chi connectivity index (χ0v) is 7.85. The van der Waals surface area contributed by atoms with Gasteiger partial charge in [-0.1, -0.05) is 0 Å². The smallest absolute Gasteiger partial charge is 0.145 e. The fourth-order valence-corrected chi connectivity index (χ4v) is 1.82. The maximum Gasteiger partial charge on any atom is 0.145 e. The van der Waals surface area contributed by atoms with E-state index in [1.807, 2.05) is 0 Å². The van der Waals surface area contributed by atoms with Crippen molar-refractivity contribution in [2.75, 3.05) is 18.5 Å². The van der Waals surface area contributed by atoms with Gasteiger partial charge in [0.2, 0.25) is 0 Å². The lowest BCUT2D eigenvalue weighted by Crippen LogP contribution is -2.18. The summed E-state index contributed by atoms with van der Waals surface area (Å²) >= 11 is 0. The maximum atomic E-state index is 12.9. The second kappa shape index (κ2) is 2.62. The third-order valence-corrected chi connectivity index (χ3v) is 3.09. The third kappa shape index (κ3) is 1.24. The van der Waals surface area contributed by atoms with Gasteiger partial charge in [-0.05, 0) is 25.0 Å². The average Bonchev–Trinajstić information content (AvgIpc) is 2.96. The van der Waals surface area contributed by atoms with Gasteiger partial charge in [0.1, 0.15) is 11.6 Å². The average molecular weight is 193 g/mol. The SMILES string of the molecule is Fc1ccc2c(c1)OCC1(CC1)CN2. The van der Waals surface area contributed by atoms with E-state index >= 15 is 0 Å². The molecular weight excluding hydrogens is 181 g/mol. The van der Waals surface area contributed by atoms with Gasteiger partial charge in [-0.3, -0.25) is 0 Å². The van der Waals surface area contributed by atoms with Crippen LogP contribution in [0.3, 0.4) is 0 Å². The van der Waals surface area contributed by atoms with E-state index in [4.69, 9.17) is 4.74 Å². The molecule has 1 aliphatic heterocycles. The molecular formula is C11H12FNO. The first-order valence-electron chi connectivity index (χ1n) is 4.94. The first-order valence-corrected chi connectivity index (χ1v) is 4.94. The molecule has 1 aromatic rings. The number of hydrogen-bond acceptors (Lipinski definition) is 2. The summed E-state index contributed by atoms with van der Waals surface area (Å²) in [7, 11) is 0. The summed E-state index contributed by atoms with van der Waals surface area (Å²) in [6, 6.07) is 4.65. The summed E-state index contributed by atoms with van der Waals surface area (Å²) in [6.45, 7) is 1.67. The van der Waals surface area contributed by atoms with Gasteiger partial charge in [-0.15, -0.1) is 0 Å². The number of nitrogens with one attached hydrogen (secondary N) is 1. The van der Waals surface area contributed by atoms with Crippen LogP contribution in [0.2, 0.25) is 0 Å². The molecule has 74 valence electrons. The van der Waals surface area contributed by atoms with E-state index in [1.54, 1.807) is 6.07 Å². The topological polar surface area (TPSA) is 21.3 Å². The van der Waals surface area contributed by atoms with Crippen LogP contribution in [0, 0.1) is 11.2 Å². The van der Waals surface area contributed by atoms with Crippen LogP contribution in [0.25, 0.3) is 0 Å². The number of hydrogen-bond donors (Lipinski definition) is 1. The Morgan fingerprint density at radius 2 is 2.21 bits per heavy atom. The van der Waals surface area contributed by atoms with Gasteiger partial charge in [-0.2, -0.15) is 0 Å². The van der Waals surface area contributed by atoms with Gasteiger partial charge in [0.15, 0.2) is 0 Å². The number of halogens is 1. The number of ether oxygens (including phenoxy) is 1. The molecule has 1 fully saturated rings. The molecule has 1 aromatic carbocycles. The molecule has 3 rings (SSSR count). The Bertz CT molecular complexity index is 374. The van der Waals surface area contributed by atoms with Crippen LogP contribution in [-0.2, 0) is 0 Å². The molecule has 1 heterocycles. The van der Waals surface area contributed by atoms with Crippen LogP contribution in [0.15, 0.2) is 18.2 Å². The molecule has 1 spiro atoms. The summed E-state index contributed by atoms with van der Waals surface area (Å²) in [5, 5.41) is 3.31. The largest absolute Gasteiger partial charge is 0.491 e. The van der Waals surface area contributed by atoms with E-state index in [1.165, 1.54) is 25.0 Å². The molecule has 0 amide bonds. The van der Waals surface area contributed by atoms with Crippen molar-refractivity contribution >= 4 is 5.69 Å². The number of anilines is 1. The van der Waals surface area contributed by atoms with Gasteiger partial charge in [0.25, 0.3) is 0 Å². The van der Waals surface area contributed by atoms with Crippen LogP contribution in [0.1, 0.15) is 12.8 Å². The summed E-state index contributed by atoms with van der Waals surface area (Å²) in [5.41, 5.74) is 1.24. The number of benzene rings is 1. The van der Waals surface area contributed by atoms with Crippen molar-refractivity contribution < 1.29 is 9.13 Å². The Morgan fingerprint density at radius 1 is 1.36 bits per heavy atom. The third-order valence-electron chi connectivity index (χ3n) is 3.09. The Balaban J connectivity index is 1.93. The van der Waals surface area contributed by atoms with E-state index in [0.717, 1.165) is 18.8 Å². The van der Waals surface area contributed by atoms with E-state index in [0.29, 0.717) is 11.2 Å². The minimum Gasteiger partial charge on any atom is -0.491 e. The molecule has 0 aromatic heterocycles. The van der Waals surface area contributed by atoms with E-state index in [2.05, 4.69) is 5.32 Å². The fourth-order valence-electron chi connectivity index (χ4n) is 1.82. The van der Waals surface area contributed by atoms with Gasteiger partial charge in [-0.25, -0.2) is 4.39 Å². The maximum absolute atomic E-state index is 12.9. The molecule has 1 aliphatic carbocycles.